The summed E-state index contributed by atoms with van der Waals surface area (Å²) in [6.45, 7) is 1.92. The van der Waals surface area contributed by atoms with Gasteiger partial charge in [0.1, 0.15) is 5.82 Å². The van der Waals surface area contributed by atoms with Crippen molar-refractivity contribution >= 4 is 21.2 Å². The number of hydrogen-bond acceptors (Lipinski definition) is 4. The smallest absolute Gasteiger partial charge is 0.344 e. The Labute approximate surface area is 114 Å². The predicted molar refractivity (Wildman–Crippen MR) is 64.9 cm³/mol. The molecule has 0 aliphatic carbocycles. The lowest BCUT2D eigenvalue weighted by Crippen LogP contribution is -2.35. The van der Waals surface area contributed by atoms with Crippen LogP contribution in [0.5, 0.6) is 0 Å². The molecule has 0 fully saturated rings. The van der Waals surface area contributed by atoms with E-state index in [9.17, 15) is 21.8 Å². The van der Waals surface area contributed by atoms with Gasteiger partial charge in [-0.05, 0) is 6.42 Å². The van der Waals surface area contributed by atoms with Gasteiger partial charge in [-0.15, -0.1) is 0 Å². The van der Waals surface area contributed by atoms with Crippen LogP contribution < -0.4 is 4.57 Å². The Bertz CT molecular complexity index is 739. The topological polar surface area (TPSA) is 74.2 Å². The molecular formula is C12H13F2NO4S. The predicted octanol–water partition coefficient (Wildman–Crippen LogP) is 1.63. The van der Waals surface area contributed by atoms with E-state index in [4.69, 9.17) is 4.42 Å². The molecule has 5 nitrogen and oxygen atoms in total. The van der Waals surface area contributed by atoms with Gasteiger partial charge >= 0.3 is 5.89 Å². The van der Waals surface area contributed by atoms with Gasteiger partial charge in [0.2, 0.25) is 5.58 Å². The van der Waals surface area contributed by atoms with Gasteiger partial charge in [0.15, 0.2) is 12.4 Å². The van der Waals surface area contributed by atoms with Gasteiger partial charge in [0, 0.05) is 24.3 Å². The summed E-state index contributed by atoms with van der Waals surface area (Å²) in [5.41, 5.74) is 0.227. The average molecular weight is 305 g/mol. The normalized spacial score (nSPS) is 12.2. The van der Waals surface area contributed by atoms with Crippen molar-refractivity contribution in [3.63, 3.8) is 0 Å². The molecule has 1 aromatic carbocycles. The first-order valence-corrected chi connectivity index (χ1v) is 7.57. The number of halogens is 2. The minimum absolute atomic E-state index is 0.0413. The van der Waals surface area contributed by atoms with Crippen LogP contribution in [0.4, 0.5) is 8.78 Å². The number of aromatic nitrogens is 1. The second-order valence-electron chi connectivity index (χ2n) is 4.48. The first-order valence-electron chi connectivity index (χ1n) is 5.99. The van der Waals surface area contributed by atoms with Gasteiger partial charge < -0.3 is 8.97 Å². The van der Waals surface area contributed by atoms with Crippen molar-refractivity contribution in [3.8, 4) is 0 Å². The number of fused-ring (bicyclic) bond motifs is 1. The van der Waals surface area contributed by atoms with Crippen LogP contribution in [0.2, 0.25) is 0 Å². The van der Waals surface area contributed by atoms with Crippen LogP contribution in [0.1, 0.15) is 18.7 Å². The van der Waals surface area contributed by atoms with Crippen molar-refractivity contribution in [2.45, 2.75) is 26.3 Å². The third kappa shape index (κ3) is 3.31. The van der Waals surface area contributed by atoms with Gasteiger partial charge in [-0.25, -0.2) is 17.2 Å². The van der Waals surface area contributed by atoms with Gasteiger partial charge in [-0.1, -0.05) is 0 Å². The van der Waals surface area contributed by atoms with Crippen LogP contribution >= 0.6 is 0 Å². The summed E-state index contributed by atoms with van der Waals surface area (Å²) in [6, 6.07) is 1.89. The zero-order valence-electron chi connectivity index (χ0n) is 10.7. The second-order valence-corrected chi connectivity index (χ2v) is 6.00. The highest BCUT2D eigenvalue weighted by Gasteiger charge is 2.22. The van der Waals surface area contributed by atoms with Crippen LogP contribution in [-0.4, -0.2) is 18.7 Å². The SMILES string of the molecule is Cc1oc2c(F)cc(F)cc2[n+]1CCCCS(=O)(=O)[O-]. The molecule has 0 amide bonds. The number of nitrogens with zero attached hydrogens (tertiary/aromatic N) is 1. The molecule has 2 aromatic rings. The van der Waals surface area contributed by atoms with Crippen LogP contribution in [0.25, 0.3) is 11.1 Å². The molecule has 0 aliphatic heterocycles. The fourth-order valence-electron chi connectivity index (χ4n) is 2.05. The first-order chi connectivity index (χ1) is 9.28. The van der Waals surface area contributed by atoms with Gasteiger partial charge in [-0.2, -0.15) is 4.57 Å². The Balaban J connectivity index is 2.20. The van der Waals surface area contributed by atoms with Gasteiger partial charge in [0.05, 0.1) is 17.0 Å². The maximum atomic E-state index is 13.5. The minimum atomic E-state index is -4.23. The Kier molecular flexibility index (Phi) is 4.05. The number of benzene rings is 1. The van der Waals surface area contributed by atoms with Crippen molar-refractivity contribution < 1.29 is 30.7 Å². The summed E-state index contributed by atoms with van der Waals surface area (Å²) in [5.74, 6) is -1.57. The van der Waals surface area contributed by atoms with Crippen LogP contribution in [-0.2, 0) is 16.7 Å². The Morgan fingerprint density at radius 2 is 2.00 bits per heavy atom. The van der Waals surface area contributed by atoms with E-state index in [0.29, 0.717) is 18.9 Å². The van der Waals surface area contributed by atoms with Crippen molar-refractivity contribution in [1.82, 2.24) is 0 Å². The molecular weight excluding hydrogens is 292 g/mol. The van der Waals surface area contributed by atoms with Gasteiger partial charge in [-0.3, -0.25) is 0 Å². The van der Waals surface area contributed by atoms with Crippen molar-refractivity contribution in [1.29, 1.82) is 0 Å². The van der Waals surface area contributed by atoms with E-state index < -0.39 is 27.5 Å². The lowest BCUT2D eigenvalue weighted by molar-refractivity contribution is -0.683. The highest BCUT2D eigenvalue weighted by Crippen LogP contribution is 2.19. The fraction of sp³-hybridized carbons (Fsp3) is 0.417. The summed E-state index contributed by atoms with van der Waals surface area (Å²) in [7, 11) is -4.23. The summed E-state index contributed by atoms with van der Waals surface area (Å²) in [4.78, 5) is 0. The molecule has 0 radical (unpaired) electrons. The van der Waals surface area contributed by atoms with E-state index >= 15 is 0 Å². The number of unbranched alkanes of at least 4 members (excludes halogenated alkanes) is 1. The summed E-state index contributed by atoms with van der Waals surface area (Å²) < 4.78 is 65.0. The molecule has 1 heterocycles. The van der Waals surface area contributed by atoms with Crippen molar-refractivity contribution in [2.24, 2.45) is 0 Å². The molecule has 20 heavy (non-hydrogen) atoms. The van der Waals surface area contributed by atoms with Gasteiger partial charge in [0.25, 0.3) is 5.52 Å². The minimum Gasteiger partial charge on any atom is -0.748 e. The van der Waals surface area contributed by atoms with E-state index in [1.165, 1.54) is 0 Å². The van der Waals surface area contributed by atoms with Crippen LogP contribution in [0, 0.1) is 18.6 Å². The summed E-state index contributed by atoms with van der Waals surface area (Å²) in [5, 5.41) is 0. The van der Waals surface area contributed by atoms with Crippen molar-refractivity contribution in [2.75, 3.05) is 5.75 Å². The van der Waals surface area contributed by atoms with E-state index in [1.807, 2.05) is 0 Å². The van der Waals surface area contributed by atoms with E-state index in [1.54, 1.807) is 11.5 Å². The van der Waals surface area contributed by atoms with Crippen LogP contribution in [0.3, 0.4) is 0 Å². The molecule has 110 valence electrons. The molecule has 0 N–H and O–H groups in total. The molecule has 0 saturated heterocycles. The lowest BCUT2D eigenvalue weighted by atomic mass is 10.3. The third-order valence-corrected chi connectivity index (χ3v) is 3.72. The Morgan fingerprint density at radius 3 is 2.65 bits per heavy atom. The molecule has 0 bridgehead atoms. The van der Waals surface area contributed by atoms with Crippen LogP contribution in [0.15, 0.2) is 16.5 Å². The van der Waals surface area contributed by atoms with E-state index in [2.05, 4.69) is 0 Å². The number of rotatable bonds is 5. The monoisotopic (exact) mass is 305 g/mol. The maximum Gasteiger partial charge on any atom is 0.344 e. The molecule has 2 rings (SSSR count). The van der Waals surface area contributed by atoms with E-state index in [-0.39, 0.29) is 17.5 Å². The number of oxazole rings is 1. The molecule has 0 unspecified atom stereocenters. The fourth-order valence-corrected chi connectivity index (χ4v) is 2.61. The second kappa shape index (κ2) is 5.45. The summed E-state index contributed by atoms with van der Waals surface area (Å²) >= 11 is 0. The first kappa shape index (κ1) is 14.9. The standard InChI is InChI=1S/C12H13F2NO4S/c1-8-15(4-2-3-5-20(16,17)18)11-7-9(13)6-10(14)12(11)19-8/h6-7H,2-5H2,1H3. The Hall–Kier alpha value is -1.54. The van der Waals surface area contributed by atoms with E-state index in [0.717, 1.165) is 12.1 Å². The molecule has 0 saturated carbocycles. The Morgan fingerprint density at radius 1 is 1.30 bits per heavy atom. The largest absolute Gasteiger partial charge is 0.748 e. The third-order valence-electron chi connectivity index (χ3n) is 2.94. The highest BCUT2D eigenvalue weighted by atomic mass is 32.2. The molecule has 0 atom stereocenters. The maximum absolute atomic E-state index is 13.5. The molecule has 0 spiro atoms. The number of aryl methyl sites for hydroxylation is 2. The number of hydrogen-bond donors (Lipinski definition) is 0. The zero-order chi connectivity index (χ0) is 14.9. The highest BCUT2D eigenvalue weighted by molar-refractivity contribution is 7.85. The lowest BCUT2D eigenvalue weighted by Gasteiger charge is -2.04. The quantitative estimate of drug-likeness (QED) is 0.478. The molecule has 0 aliphatic rings. The molecule has 8 heteroatoms. The average Bonchev–Trinajstić information content (AvgIpc) is 2.61. The summed E-state index contributed by atoms with van der Waals surface area (Å²) in [6.07, 6.45) is 0.572. The molecule has 1 aromatic heterocycles. The van der Waals surface area contributed by atoms with Crippen molar-refractivity contribution in [3.05, 3.63) is 29.7 Å². The zero-order valence-corrected chi connectivity index (χ0v) is 11.5.